The second-order valence-corrected chi connectivity index (χ2v) is 5.85. The maximum Gasteiger partial charge on any atom is 0.227 e. The van der Waals surface area contributed by atoms with Crippen molar-refractivity contribution in [3.63, 3.8) is 0 Å². The van der Waals surface area contributed by atoms with E-state index >= 15 is 0 Å². The average molecular weight is 274 g/mol. The summed E-state index contributed by atoms with van der Waals surface area (Å²) in [5, 5.41) is 6.20. The first-order valence-corrected chi connectivity index (χ1v) is 7.77. The van der Waals surface area contributed by atoms with Gasteiger partial charge in [0, 0.05) is 18.2 Å². The van der Waals surface area contributed by atoms with Gasteiger partial charge in [-0.15, -0.1) is 0 Å². The van der Waals surface area contributed by atoms with Crippen LogP contribution >= 0.6 is 0 Å². The maximum atomic E-state index is 12.3. The highest BCUT2D eigenvalue weighted by molar-refractivity contribution is 5.92. The Kier molecular flexibility index (Phi) is 5.60. The minimum Gasteiger partial charge on any atom is -0.326 e. The molecule has 2 rings (SSSR count). The van der Waals surface area contributed by atoms with Gasteiger partial charge in [0.15, 0.2) is 0 Å². The molecule has 1 aliphatic rings. The number of rotatable bonds is 5. The third kappa shape index (κ3) is 4.07. The molecule has 110 valence electrons. The third-order valence-electron chi connectivity index (χ3n) is 4.37. The van der Waals surface area contributed by atoms with E-state index in [0.29, 0.717) is 0 Å². The molecule has 0 heterocycles. The van der Waals surface area contributed by atoms with Crippen LogP contribution in [0.5, 0.6) is 0 Å². The topological polar surface area (TPSA) is 41.1 Å². The predicted octanol–water partition coefficient (Wildman–Crippen LogP) is 3.56. The molecule has 0 aliphatic heterocycles. The van der Waals surface area contributed by atoms with Crippen LogP contribution < -0.4 is 10.6 Å². The van der Waals surface area contributed by atoms with E-state index in [-0.39, 0.29) is 11.8 Å². The van der Waals surface area contributed by atoms with Gasteiger partial charge in [-0.2, -0.15) is 0 Å². The average Bonchev–Trinajstić information content (AvgIpc) is 2.48. The van der Waals surface area contributed by atoms with Gasteiger partial charge in [0.25, 0.3) is 0 Å². The van der Waals surface area contributed by atoms with Gasteiger partial charge >= 0.3 is 0 Å². The Balaban J connectivity index is 1.89. The van der Waals surface area contributed by atoms with E-state index in [1.165, 1.54) is 24.8 Å². The smallest absolute Gasteiger partial charge is 0.227 e. The largest absolute Gasteiger partial charge is 0.326 e. The molecule has 1 aromatic rings. The summed E-state index contributed by atoms with van der Waals surface area (Å²) in [5.41, 5.74) is 2.11. The highest BCUT2D eigenvalue weighted by Gasteiger charge is 2.25. The second-order valence-electron chi connectivity index (χ2n) is 5.85. The zero-order valence-corrected chi connectivity index (χ0v) is 12.6. The number of anilines is 1. The summed E-state index contributed by atoms with van der Waals surface area (Å²) < 4.78 is 0. The van der Waals surface area contributed by atoms with Crippen molar-refractivity contribution < 1.29 is 4.79 Å². The van der Waals surface area contributed by atoms with Crippen LogP contribution in [0.1, 0.15) is 44.6 Å². The number of benzene rings is 1. The Morgan fingerprint density at radius 2 is 2.00 bits per heavy atom. The van der Waals surface area contributed by atoms with Crippen molar-refractivity contribution in [3.8, 4) is 0 Å². The lowest BCUT2D eigenvalue weighted by Gasteiger charge is -2.26. The molecule has 3 nitrogen and oxygen atoms in total. The molecular weight excluding hydrogens is 248 g/mol. The molecule has 0 spiro atoms. The first-order chi connectivity index (χ1) is 9.72. The van der Waals surface area contributed by atoms with Crippen molar-refractivity contribution in [2.75, 3.05) is 12.4 Å². The molecule has 1 amide bonds. The minimum absolute atomic E-state index is 0.196. The van der Waals surface area contributed by atoms with Crippen LogP contribution in [0.4, 0.5) is 5.69 Å². The Bertz CT molecular complexity index is 436. The number of nitrogens with one attached hydrogen (secondary N) is 2. The van der Waals surface area contributed by atoms with Crippen LogP contribution in [0.25, 0.3) is 0 Å². The Morgan fingerprint density at radius 3 is 2.65 bits per heavy atom. The Morgan fingerprint density at radius 1 is 1.25 bits per heavy atom. The molecule has 1 fully saturated rings. The quantitative estimate of drug-likeness (QED) is 0.862. The van der Waals surface area contributed by atoms with Crippen LogP contribution in [0.15, 0.2) is 24.3 Å². The van der Waals surface area contributed by atoms with E-state index in [0.717, 1.165) is 31.0 Å². The summed E-state index contributed by atoms with van der Waals surface area (Å²) in [6, 6.07) is 8.08. The number of amides is 1. The predicted molar refractivity (Wildman–Crippen MR) is 83.6 cm³/mol. The number of hydrogen-bond acceptors (Lipinski definition) is 2. The highest BCUT2D eigenvalue weighted by atomic mass is 16.1. The van der Waals surface area contributed by atoms with Gasteiger partial charge in [-0.1, -0.05) is 25.5 Å². The Hall–Kier alpha value is -1.35. The lowest BCUT2D eigenvalue weighted by molar-refractivity contribution is -0.121. The first kappa shape index (κ1) is 15.0. The molecule has 1 saturated carbocycles. The molecule has 2 N–H and O–H groups in total. The van der Waals surface area contributed by atoms with Crippen LogP contribution in [-0.4, -0.2) is 13.0 Å². The standard InChI is InChI=1S/C17H26N2O/c1-3-13-7-9-15(10-8-13)17(20)19-16-6-4-5-14(11-16)12-18-2/h4-6,11,13,15,18H,3,7-10,12H2,1-2H3,(H,19,20). The van der Waals surface area contributed by atoms with Gasteiger partial charge in [0.1, 0.15) is 0 Å². The van der Waals surface area contributed by atoms with Crippen molar-refractivity contribution >= 4 is 11.6 Å². The molecule has 0 aromatic heterocycles. The fraction of sp³-hybridized carbons (Fsp3) is 0.588. The van der Waals surface area contributed by atoms with Gasteiger partial charge < -0.3 is 10.6 Å². The lowest BCUT2D eigenvalue weighted by Crippen LogP contribution is -2.27. The summed E-state index contributed by atoms with van der Waals surface area (Å²) in [7, 11) is 1.93. The molecule has 20 heavy (non-hydrogen) atoms. The van der Waals surface area contributed by atoms with Gasteiger partial charge in [-0.05, 0) is 56.3 Å². The van der Waals surface area contributed by atoms with Crippen LogP contribution in [0.3, 0.4) is 0 Å². The van der Waals surface area contributed by atoms with Crippen molar-refractivity contribution in [3.05, 3.63) is 29.8 Å². The number of hydrogen-bond donors (Lipinski definition) is 2. The zero-order chi connectivity index (χ0) is 14.4. The number of carbonyl (C=O) groups is 1. The van der Waals surface area contributed by atoms with Crippen LogP contribution in [0, 0.1) is 11.8 Å². The van der Waals surface area contributed by atoms with Gasteiger partial charge in [0.05, 0.1) is 0 Å². The molecular formula is C17H26N2O. The van der Waals surface area contributed by atoms with E-state index in [1.807, 2.05) is 25.2 Å². The first-order valence-electron chi connectivity index (χ1n) is 7.77. The molecule has 0 unspecified atom stereocenters. The summed E-state index contributed by atoms with van der Waals surface area (Å²) in [5.74, 6) is 1.23. The summed E-state index contributed by atoms with van der Waals surface area (Å²) in [4.78, 5) is 12.3. The maximum absolute atomic E-state index is 12.3. The molecule has 1 aliphatic carbocycles. The summed E-state index contributed by atoms with van der Waals surface area (Å²) >= 11 is 0. The molecule has 3 heteroatoms. The molecule has 0 atom stereocenters. The van der Waals surface area contributed by atoms with Crippen molar-refractivity contribution in [2.24, 2.45) is 11.8 Å². The second kappa shape index (κ2) is 7.44. The fourth-order valence-corrected chi connectivity index (χ4v) is 3.04. The van der Waals surface area contributed by atoms with E-state index in [1.54, 1.807) is 0 Å². The normalized spacial score (nSPS) is 22.5. The van der Waals surface area contributed by atoms with E-state index in [2.05, 4.69) is 23.6 Å². The van der Waals surface area contributed by atoms with Crippen molar-refractivity contribution in [2.45, 2.75) is 45.6 Å². The monoisotopic (exact) mass is 274 g/mol. The summed E-state index contributed by atoms with van der Waals surface area (Å²) in [6.45, 7) is 3.07. The van der Waals surface area contributed by atoms with E-state index in [4.69, 9.17) is 0 Å². The minimum atomic E-state index is 0.196. The Labute approximate surface area is 122 Å². The van der Waals surface area contributed by atoms with Gasteiger partial charge in [-0.25, -0.2) is 0 Å². The SMILES string of the molecule is CCC1CCC(C(=O)Nc2cccc(CNC)c2)CC1. The fourth-order valence-electron chi connectivity index (χ4n) is 3.04. The molecule has 0 saturated heterocycles. The van der Waals surface area contributed by atoms with Gasteiger partial charge in [0.2, 0.25) is 5.91 Å². The summed E-state index contributed by atoms with van der Waals surface area (Å²) in [6.07, 6.45) is 5.74. The van der Waals surface area contributed by atoms with Crippen molar-refractivity contribution in [1.82, 2.24) is 5.32 Å². The third-order valence-corrected chi connectivity index (χ3v) is 4.37. The number of carbonyl (C=O) groups excluding carboxylic acids is 1. The molecule has 1 aromatic carbocycles. The van der Waals surface area contributed by atoms with Gasteiger partial charge in [-0.3, -0.25) is 4.79 Å². The van der Waals surface area contributed by atoms with Crippen molar-refractivity contribution in [1.29, 1.82) is 0 Å². The van der Waals surface area contributed by atoms with E-state index < -0.39 is 0 Å². The zero-order valence-electron chi connectivity index (χ0n) is 12.6. The van der Waals surface area contributed by atoms with Crippen LogP contribution in [0.2, 0.25) is 0 Å². The van der Waals surface area contributed by atoms with Crippen LogP contribution in [-0.2, 0) is 11.3 Å². The molecule has 0 bridgehead atoms. The van der Waals surface area contributed by atoms with E-state index in [9.17, 15) is 4.79 Å². The highest BCUT2D eigenvalue weighted by Crippen LogP contribution is 2.31. The lowest BCUT2D eigenvalue weighted by atomic mass is 9.80. The molecule has 0 radical (unpaired) electrons.